The fourth-order valence-electron chi connectivity index (χ4n) is 2.09. The van der Waals surface area contributed by atoms with E-state index in [0.29, 0.717) is 5.75 Å². The zero-order chi connectivity index (χ0) is 14.5. The van der Waals surface area contributed by atoms with Crippen molar-refractivity contribution < 1.29 is 13.5 Å². The summed E-state index contributed by atoms with van der Waals surface area (Å²) in [6.07, 6.45) is 0.935. The molecule has 1 atom stereocenters. The van der Waals surface area contributed by atoms with E-state index in [1.165, 1.54) is 12.1 Å². The lowest BCUT2D eigenvalue weighted by molar-refractivity contribution is 0.436. The van der Waals surface area contributed by atoms with Crippen LogP contribution in [0.3, 0.4) is 0 Å². The molecule has 0 saturated carbocycles. The van der Waals surface area contributed by atoms with Crippen LogP contribution in [0.15, 0.2) is 42.5 Å². The minimum Gasteiger partial charge on any atom is -0.454 e. The largest absolute Gasteiger partial charge is 0.454 e. The van der Waals surface area contributed by atoms with E-state index in [4.69, 9.17) is 4.74 Å². The molecule has 0 saturated heterocycles. The average molecular weight is 277 g/mol. The summed E-state index contributed by atoms with van der Waals surface area (Å²) in [7, 11) is 1.89. The van der Waals surface area contributed by atoms with E-state index < -0.39 is 11.6 Å². The molecule has 0 bridgehead atoms. The van der Waals surface area contributed by atoms with E-state index in [-0.39, 0.29) is 11.8 Å². The second-order valence-electron chi connectivity index (χ2n) is 4.50. The molecular formula is C16H17F2NO. The summed E-state index contributed by atoms with van der Waals surface area (Å²) < 4.78 is 31.9. The summed E-state index contributed by atoms with van der Waals surface area (Å²) in [5.74, 6) is -0.788. The van der Waals surface area contributed by atoms with Gasteiger partial charge in [-0.25, -0.2) is 8.78 Å². The van der Waals surface area contributed by atoms with Gasteiger partial charge in [-0.05, 0) is 43.3 Å². The van der Waals surface area contributed by atoms with Crippen molar-refractivity contribution in [3.8, 4) is 11.5 Å². The Morgan fingerprint density at radius 1 is 1.15 bits per heavy atom. The summed E-state index contributed by atoms with van der Waals surface area (Å²) in [6.45, 7) is 2.08. The lowest BCUT2D eigenvalue weighted by Crippen LogP contribution is -2.14. The Morgan fingerprint density at radius 2 is 1.95 bits per heavy atom. The molecular weight excluding hydrogens is 260 g/mol. The molecule has 20 heavy (non-hydrogen) atoms. The van der Waals surface area contributed by atoms with Gasteiger partial charge in [-0.1, -0.05) is 19.1 Å². The van der Waals surface area contributed by atoms with Crippen LogP contribution < -0.4 is 10.1 Å². The van der Waals surface area contributed by atoms with Crippen LogP contribution in [0.4, 0.5) is 8.78 Å². The third-order valence-corrected chi connectivity index (χ3v) is 3.14. The van der Waals surface area contributed by atoms with Gasteiger partial charge in [0.15, 0.2) is 11.6 Å². The smallest absolute Gasteiger partial charge is 0.168 e. The molecule has 1 N–H and O–H groups in total. The summed E-state index contributed by atoms with van der Waals surface area (Å²) in [5, 5.41) is 3.20. The van der Waals surface area contributed by atoms with Crippen molar-refractivity contribution in [3.05, 3.63) is 59.7 Å². The molecule has 0 aliphatic heterocycles. The summed E-state index contributed by atoms with van der Waals surface area (Å²) in [4.78, 5) is 0. The van der Waals surface area contributed by atoms with E-state index in [0.717, 1.165) is 18.1 Å². The Kier molecular flexibility index (Phi) is 4.69. The van der Waals surface area contributed by atoms with Gasteiger partial charge in [-0.2, -0.15) is 0 Å². The van der Waals surface area contributed by atoms with E-state index in [1.54, 1.807) is 6.07 Å². The van der Waals surface area contributed by atoms with E-state index >= 15 is 0 Å². The topological polar surface area (TPSA) is 21.3 Å². The maximum atomic E-state index is 13.6. The number of rotatable bonds is 5. The second kappa shape index (κ2) is 6.48. The molecule has 2 aromatic rings. The fourth-order valence-corrected chi connectivity index (χ4v) is 2.09. The number of benzene rings is 2. The predicted octanol–water partition coefficient (Wildman–Crippen LogP) is 4.43. The molecule has 0 aromatic heterocycles. The monoisotopic (exact) mass is 277 g/mol. The van der Waals surface area contributed by atoms with Gasteiger partial charge in [0.25, 0.3) is 0 Å². The standard InChI is InChI=1S/C16H17F2NO/c1-3-15(19-2)11-5-4-6-13(9-11)20-16-8-7-12(17)10-14(16)18/h4-10,15,19H,3H2,1-2H3. The zero-order valence-corrected chi connectivity index (χ0v) is 11.5. The van der Waals surface area contributed by atoms with Gasteiger partial charge in [0.2, 0.25) is 0 Å². The number of hydrogen-bond acceptors (Lipinski definition) is 2. The summed E-state index contributed by atoms with van der Waals surface area (Å²) >= 11 is 0. The number of nitrogens with one attached hydrogen (secondary N) is 1. The molecule has 4 heteroatoms. The Morgan fingerprint density at radius 3 is 2.60 bits per heavy atom. The zero-order valence-electron chi connectivity index (χ0n) is 11.5. The van der Waals surface area contributed by atoms with Crippen molar-refractivity contribution in [2.75, 3.05) is 7.05 Å². The molecule has 2 nitrogen and oxygen atoms in total. The van der Waals surface area contributed by atoms with Crippen LogP contribution in [0.25, 0.3) is 0 Å². The lowest BCUT2D eigenvalue weighted by atomic mass is 10.0. The molecule has 2 rings (SSSR count). The van der Waals surface area contributed by atoms with Crippen molar-refractivity contribution in [1.29, 1.82) is 0 Å². The van der Waals surface area contributed by atoms with Gasteiger partial charge >= 0.3 is 0 Å². The molecule has 0 radical (unpaired) electrons. The molecule has 0 fully saturated rings. The third kappa shape index (κ3) is 3.33. The highest BCUT2D eigenvalue weighted by Gasteiger charge is 2.09. The Labute approximate surface area is 117 Å². The molecule has 2 aromatic carbocycles. The van der Waals surface area contributed by atoms with Crippen molar-refractivity contribution in [2.24, 2.45) is 0 Å². The number of halogens is 2. The second-order valence-corrected chi connectivity index (χ2v) is 4.50. The van der Waals surface area contributed by atoms with Crippen molar-refractivity contribution in [2.45, 2.75) is 19.4 Å². The first-order chi connectivity index (χ1) is 9.63. The lowest BCUT2D eigenvalue weighted by Gasteiger charge is -2.15. The Balaban J connectivity index is 2.23. The van der Waals surface area contributed by atoms with E-state index in [9.17, 15) is 8.78 Å². The maximum Gasteiger partial charge on any atom is 0.168 e. The molecule has 0 heterocycles. The van der Waals surface area contributed by atoms with E-state index in [2.05, 4.69) is 12.2 Å². The van der Waals surface area contributed by atoms with Gasteiger partial charge in [0.05, 0.1) is 0 Å². The van der Waals surface area contributed by atoms with Gasteiger partial charge in [0.1, 0.15) is 11.6 Å². The van der Waals surface area contributed by atoms with Crippen LogP contribution >= 0.6 is 0 Å². The average Bonchev–Trinajstić information content (AvgIpc) is 2.44. The first-order valence-corrected chi connectivity index (χ1v) is 6.54. The molecule has 0 aliphatic rings. The number of ether oxygens (including phenoxy) is 1. The van der Waals surface area contributed by atoms with Crippen LogP contribution in [0.1, 0.15) is 24.9 Å². The third-order valence-electron chi connectivity index (χ3n) is 3.14. The van der Waals surface area contributed by atoms with Gasteiger partial charge in [0, 0.05) is 12.1 Å². The summed E-state index contributed by atoms with van der Waals surface area (Å²) in [5.41, 5.74) is 1.06. The molecule has 1 unspecified atom stereocenters. The van der Waals surface area contributed by atoms with Gasteiger partial charge in [-0.15, -0.1) is 0 Å². The minimum atomic E-state index is -0.712. The highest BCUT2D eigenvalue weighted by molar-refractivity contribution is 5.35. The fraction of sp³-hybridized carbons (Fsp3) is 0.250. The summed E-state index contributed by atoms with van der Waals surface area (Å²) in [6, 6.07) is 10.9. The molecule has 106 valence electrons. The predicted molar refractivity (Wildman–Crippen MR) is 75.0 cm³/mol. The first-order valence-electron chi connectivity index (χ1n) is 6.54. The van der Waals surface area contributed by atoms with Gasteiger partial charge < -0.3 is 10.1 Å². The van der Waals surface area contributed by atoms with Crippen LogP contribution in [0.5, 0.6) is 11.5 Å². The quantitative estimate of drug-likeness (QED) is 0.873. The first kappa shape index (κ1) is 14.5. The van der Waals surface area contributed by atoms with Crippen LogP contribution in [0, 0.1) is 11.6 Å². The van der Waals surface area contributed by atoms with Crippen LogP contribution in [-0.4, -0.2) is 7.05 Å². The highest BCUT2D eigenvalue weighted by atomic mass is 19.1. The molecule has 0 aliphatic carbocycles. The highest BCUT2D eigenvalue weighted by Crippen LogP contribution is 2.27. The molecule has 0 amide bonds. The van der Waals surface area contributed by atoms with Crippen LogP contribution in [-0.2, 0) is 0 Å². The van der Waals surface area contributed by atoms with Crippen molar-refractivity contribution in [3.63, 3.8) is 0 Å². The SMILES string of the molecule is CCC(NC)c1cccc(Oc2ccc(F)cc2F)c1. The van der Waals surface area contributed by atoms with Crippen molar-refractivity contribution in [1.82, 2.24) is 5.32 Å². The Hall–Kier alpha value is -1.94. The minimum absolute atomic E-state index is 0.0149. The Bertz CT molecular complexity index is 582. The number of hydrogen-bond donors (Lipinski definition) is 1. The maximum absolute atomic E-state index is 13.6. The van der Waals surface area contributed by atoms with Crippen LogP contribution in [0.2, 0.25) is 0 Å². The van der Waals surface area contributed by atoms with Gasteiger partial charge in [-0.3, -0.25) is 0 Å². The van der Waals surface area contributed by atoms with Crippen molar-refractivity contribution >= 4 is 0 Å². The van der Waals surface area contributed by atoms with E-state index in [1.807, 2.05) is 25.2 Å². The normalized spacial score (nSPS) is 12.2. The molecule has 0 spiro atoms.